The molecule has 0 unspecified atom stereocenters. The second-order valence-electron chi connectivity index (χ2n) is 11.6. The second-order valence-corrected chi connectivity index (χ2v) is 11.6. The zero-order valence-corrected chi connectivity index (χ0v) is 20.2. The molecule has 0 aromatic rings. The van der Waals surface area contributed by atoms with Crippen LogP contribution in [0.5, 0.6) is 0 Å². The van der Waals surface area contributed by atoms with E-state index >= 15 is 0 Å². The van der Waals surface area contributed by atoms with Gasteiger partial charge in [0.25, 0.3) is 0 Å². The fourth-order valence-corrected chi connectivity index (χ4v) is 8.52. The Morgan fingerprint density at radius 2 is 1.90 bits per heavy atom. The van der Waals surface area contributed by atoms with Gasteiger partial charge in [0.15, 0.2) is 0 Å². The number of methoxy groups -OCH3 is 1. The highest BCUT2D eigenvalue weighted by molar-refractivity contribution is 5.69. The van der Waals surface area contributed by atoms with E-state index in [9.17, 15) is 9.59 Å². The summed E-state index contributed by atoms with van der Waals surface area (Å²) in [5, 5.41) is 0. The van der Waals surface area contributed by atoms with Gasteiger partial charge in [-0.15, -0.1) is 0 Å². The smallest absolute Gasteiger partial charge is 0.305 e. The third kappa shape index (κ3) is 3.97. The first-order valence-corrected chi connectivity index (χ1v) is 12.6. The molecule has 0 radical (unpaired) electrons. The fourth-order valence-electron chi connectivity index (χ4n) is 8.52. The molecule has 0 bridgehead atoms. The molecular weight excluding hydrogens is 388 g/mol. The van der Waals surface area contributed by atoms with Crippen LogP contribution in [0.1, 0.15) is 85.5 Å². The quantitative estimate of drug-likeness (QED) is 0.400. The van der Waals surface area contributed by atoms with E-state index in [1.54, 1.807) is 0 Å². The molecular formula is C27H42O4. The van der Waals surface area contributed by atoms with Gasteiger partial charge in [-0.25, -0.2) is 0 Å². The zero-order valence-electron chi connectivity index (χ0n) is 20.2. The van der Waals surface area contributed by atoms with Crippen LogP contribution in [0.15, 0.2) is 12.2 Å². The molecule has 31 heavy (non-hydrogen) atoms. The van der Waals surface area contributed by atoms with Crippen molar-refractivity contribution in [2.24, 2.45) is 46.3 Å². The van der Waals surface area contributed by atoms with Crippen molar-refractivity contribution in [3.63, 3.8) is 0 Å². The number of carbonyl (C=O) groups is 2. The Bertz CT molecular complexity index is 729. The van der Waals surface area contributed by atoms with Crippen molar-refractivity contribution >= 4 is 11.9 Å². The SMILES string of the molecule is COC(=O)CC[C@@H](C)[C@@H]1CC[C@@H]2[C@H]3CC[C@H]4C[C@@H](OC(C)=O)CC[C@]4(C)[C@@H]3C=C[C@@]21C. The molecule has 0 aliphatic heterocycles. The first kappa shape index (κ1) is 22.9. The number of hydrogen-bond acceptors (Lipinski definition) is 4. The average molecular weight is 431 g/mol. The lowest BCUT2D eigenvalue weighted by Crippen LogP contribution is -2.52. The predicted molar refractivity (Wildman–Crippen MR) is 121 cm³/mol. The number of carbonyl (C=O) groups excluding carboxylic acids is 2. The molecule has 0 saturated heterocycles. The molecule has 4 aliphatic rings. The lowest BCUT2D eigenvalue weighted by Gasteiger charge is -2.59. The van der Waals surface area contributed by atoms with Crippen LogP contribution >= 0.6 is 0 Å². The molecule has 0 spiro atoms. The molecule has 0 N–H and O–H groups in total. The van der Waals surface area contributed by atoms with E-state index in [1.165, 1.54) is 46.1 Å². The Kier molecular flexibility index (Phi) is 6.31. The van der Waals surface area contributed by atoms with E-state index in [1.807, 2.05) is 0 Å². The van der Waals surface area contributed by atoms with Gasteiger partial charge in [-0.2, -0.15) is 0 Å². The first-order chi connectivity index (χ1) is 14.7. The number of esters is 2. The van der Waals surface area contributed by atoms with Crippen LogP contribution in [-0.4, -0.2) is 25.2 Å². The van der Waals surface area contributed by atoms with Gasteiger partial charge in [0.2, 0.25) is 0 Å². The monoisotopic (exact) mass is 430 g/mol. The maximum atomic E-state index is 11.7. The molecule has 0 aromatic heterocycles. The summed E-state index contributed by atoms with van der Waals surface area (Å²) in [5.41, 5.74) is 0.598. The van der Waals surface area contributed by atoms with Crippen molar-refractivity contribution in [1.82, 2.24) is 0 Å². The van der Waals surface area contributed by atoms with Crippen LogP contribution in [0, 0.1) is 46.3 Å². The Morgan fingerprint density at radius 3 is 2.61 bits per heavy atom. The van der Waals surface area contributed by atoms with E-state index in [0.717, 1.165) is 31.1 Å². The van der Waals surface area contributed by atoms with Crippen LogP contribution in [0.2, 0.25) is 0 Å². The van der Waals surface area contributed by atoms with E-state index in [0.29, 0.717) is 35.5 Å². The van der Waals surface area contributed by atoms with Gasteiger partial charge in [-0.05, 0) is 97.7 Å². The highest BCUT2D eigenvalue weighted by atomic mass is 16.5. The Hall–Kier alpha value is -1.32. The van der Waals surface area contributed by atoms with Crippen molar-refractivity contribution in [2.75, 3.05) is 7.11 Å². The Labute approximate surface area is 188 Å². The summed E-state index contributed by atoms with van der Waals surface area (Å²) in [5.74, 6) is 3.85. The minimum absolute atomic E-state index is 0.0820. The van der Waals surface area contributed by atoms with Gasteiger partial charge in [-0.1, -0.05) is 32.9 Å². The molecule has 3 fully saturated rings. The van der Waals surface area contributed by atoms with E-state index in [2.05, 4.69) is 32.9 Å². The van der Waals surface area contributed by atoms with Crippen LogP contribution in [0.3, 0.4) is 0 Å². The number of allylic oxidation sites excluding steroid dienone is 2. The van der Waals surface area contributed by atoms with Crippen LogP contribution < -0.4 is 0 Å². The molecule has 3 saturated carbocycles. The summed E-state index contributed by atoms with van der Waals surface area (Å²) in [7, 11) is 1.49. The lowest BCUT2D eigenvalue weighted by atomic mass is 9.46. The van der Waals surface area contributed by atoms with Gasteiger partial charge in [0, 0.05) is 13.3 Å². The topological polar surface area (TPSA) is 52.6 Å². The summed E-state index contributed by atoms with van der Waals surface area (Å²) in [6.07, 6.45) is 15.2. The van der Waals surface area contributed by atoms with E-state index in [-0.39, 0.29) is 23.5 Å². The van der Waals surface area contributed by atoms with E-state index in [4.69, 9.17) is 9.47 Å². The number of fused-ring (bicyclic) bond motifs is 5. The molecule has 0 aromatic carbocycles. The molecule has 4 rings (SSSR count). The average Bonchev–Trinajstić information content (AvgIpc) is 3.09. The fraction of sp³-hybridized carbons (Fsp3) is 0.852. The van der Waals surface area contributed by atoms with Crippen molar-refractivity contribution < 1.29 is 19.1 Å². The summed E-state index contributed by atoms with van der Waals surface area (Å²) in [6, 6.07) is 0. The third-order valence-corrected chi connectivity index (χ3v) is 10.2. The maximum Gasteiger partial charge on any atom is 0.305 e. The molecule has 0 amide bonds. The molecule has 4 aliphatic carbocycles. The summed E-state index contributed by atoms with van der Waals surface area (Å²) in [6.45, 7) is 8.91. The number of hydrogen-bond donors (Lipinski definition) is 0. The first-order valence-electron chi connectivity index (χ1n) is 12.6. The van der Waals surface area contributed by atoms with Gasteiger partial charge < -0.3 is 9.47 Å². The Morgan fingerprint density at radius 1 is 1.13 bits per heavy atom. The van der Waals surface area contributed by atoms with Gasteiger partial charge >= 0.3 is 11.9 Å². The highest BCUT2D eigenvalue weighted by Crippen LogP contribution is 2.66. The largest absolute Gasteiger partial charge is 0.469 e. The summed E-state index contributed by atoms with van der Waals surface area (Å²) in [4.78, 5) is 23.1. The molecule has 9 atom stereocenters. The van der Waals surface area contributed by atoms with Crippen molar-refractivity contribution in [3.8, 4) is 0 Å². The van der Waals surface area contributed by atoms with Crippen molar-refractivity contribution in [2.45, 2.75) is 91.6 Å². The zero-order chi connectivity index (χ0) is 22.4. The summed E-state index contributed by atoms with van der Waals surface area (Å²) < 4.78 is 10.5. The Balaban J connectivity index is 1.50. The van der Waals surface area contributed by atoms with Crippen LogP contribution in [0.25, 0.3) is 0 Å². The van der Waals surface area contributed by atoms with E-state index < -0.39 is 0 Å². The van der Waals surface area contributed by atoms with Gasteiger partial charge in [0.1, 0.15) is 6.10 Å². The minimum atomic E-state index is -0.131. The molecule has 4 nitrogen and oxygen atoms in total. The molecule has 0 heterocycles. The predicted octanol–water partition coefficient (Wildman–Crippen LogP) is 5.94. The number of ether oxygens (including phenoxy) is 2. The van der Waals surface area contributed by atoms with Crippen LogP contribution in [-0.2, 0) is 19.1 Å². The minimum Gasteiger partial charge on any atom is -0.469 e. The lowest BCUT2D eigenvalue weighted by molar-refractivity contribution is -0.154. The third-order valence-electron chi connectivity index (χ3n) is 10.2. The summed E-state index contributed by atoms with van der Waals surface area (Å²) >= 11 is 0. The van der Waals surface area contributed by atoms with Crippen molar-refractivity contribution in [3.05, 3.63) is 12.2 Å². The maximum absolute atomic E-state index is 11.7. The normalized spacial score (nSPS) is 44.5. The second kappa shape index (κ2) is 8.56. The van der Waals surface area contributed by atoms with Crippen molar-refractivity contribution in [1.29, 1.82) is 0 Å². The standard InChI is InChI=1S/C27H42O4/c1-17(6-11-25(29)30-5)22-9-10-23-21-8-7-19-16-20(31-18(2)28)12-14-26(19,3)24(21)13-15-27(22,23)4/h13,15,17,19-24H,6-12,14,16H2,1-5H3/t17-,19+,20+,21-,22+,23-,24-,26+,27-/m1/s1. The van der Waals surface area contributed by atoms with Gasteiger partial charge in [-0.3, -0.25) is 9.59 Å². The van der Waals surface area contributed by atoms with Crippen LogP contribution in [0.4, 0.5) is 0 Å². The molecule has 4 heteroatoms. The highest BCUT2D eigenvalue weighted by Gasteiger charge is 2.59. The molecule has 174 valence electrons. The van der Waals surface area contributed by atoms with Gasteiger partial charge in [0.05, 0.1) is 7.11 Å². The number of rotatable bonds is 5.